The number of nitrogens with zero attached hydrogens (tertiary/aromatic N) is 5. The SMILES string of the molecule is CCOC(=O)C1CCN(C(=O)CCC(=O)N[C@H](C(=O)N[C@@H](CCCNC(N)=O)C(=O)Nc2ccc(CN(C)C(=O)[C@H](Cc3ccccc3)NC(=O)[C@H](C)[C@@H](OC)[C@@H]3CCCN3C(=O)C[C@@H](OC)[C@H]([C@@H](C)CC)N(C)C(=O)[C@@H](NC(=O)[C@H](C(C)C)N(C)C)C(C)C)cc2)C(C)C)CC1. The molecule has 0 unspecified atom stereocenters. The van der Waals surface area contributed by atoms with Gasteiger partial charge in [0.2, 0.25) is 53.2 Å². The van der Waals surface area contributed by atoms with Crippen LogP contribution in [0.4, 0.5) is 10.5 Å². The number of benzene rings is 2. The van der Waals surface area contributed by atoms with Crippen LogP contribution < -0.4 is 37.6 Å². The van der Waals surface area contributed by atoms with Gasteiger partial charge in [-0.2, -0.15) is 0 Å². The second-order valence-corrected chi connectivity index (χ2v) is 27.3. The van der Waals surface area contributed by atoms with Crippen molar-refractivity contribution >= 4 is 70.9 Å². The van der Waals surface area contributed by atoms with E-state index in [4.69, 9.17) is 19.9 Å². The third-order valence-corrected chi connectivity index (χ3v) is 18.8. The summed E-state index contributed by atoms with van der Waals surface area (Å²) in [6.07, 6.45) is 1.43. The van der Waals surface area contributed by atoms with Gasteiger partial charge in [0.1, 0.15) is 24.2 Å². The van der Waals surface area contributed by atoms with Crippen molar-refractivity contribution in [2.24, 2.45) is 41.2 Å². The van der Waals surface area contributed by atoms with Gasteiger partial charge in [-0.25, -0.2) is 4.79 Å². The van der Waals surface area contributed by atoms with Crippen LogP contribution in [-0.2, 0) is 75.1 Å². The number of rotatable bonds is 38. The van der Waals surface area contributed by atoms with Crippen molar-refractivity contribution in [2.45, 2.75) is 201 Å². The van der Waals surface area contributed by atoms with Crippen LogP contribution in [0.1, 0.15) is 145 Å². The van der Waals surface area contributed by atoms with Crippen molar-refractivity contribution in [1.29, 1.82) is 0 Å². The molecule has 2 aromatic rings. The first-order chi connectivity index (χ1) is 45.9. The Kier molecular flexibility index (Phi) is 33.9. The lowest BCUT2D eigenvalue weighted by atomic mass is 9.89. The summed E-state index contributed by atoms with van der Waals surface area (Å²) in [5, 5.41) is 16.9. The number of esters is 1. The summed E-state index contributed by atoms with van der Waals surface area (Å²) in [4.78, 5) is 158. The fourth-order valence-electron chi connectivity index (χ4n) is 13.1. The number of ether oxygens (including phenoxy) is 3. The molecule has 4 rings (SSSR count). The Labute approximate surface area is 575 Å². The van der Waals surface area contributed by atoms with Crippen LogP contribution in [0.3, 0.4) is 0 Å². The molecule has 26 heteroatoms. The maximum Gasteiger partial charge on any atom is 0.312 e. The normalized spacial score (nSPS) is 17.3. The molecule has 11 amide bonds. The molecule has 0 bridgehead atoms. The van der Waals surface area contributed by atoms with Gasteiger partial charge in [-0.1, -0.05) is 111 Å². The first-order valence-corrected chi connectivity index (χ1v) is 34.5. The summed E-state index contributed by atoms with van der Waals surface area (Å²) < 4.78 is 17.4. The van der Waals surface area contributed by atoms with E-state index in [0.717, 1.165) is 5.56 Å². The largest absolute Gasteiger partial charge is 0.466 e. The second kappa shape index (κ2) is 40.2. The molecule has 2 aliphatic heterocycles. The van der Waals surface area contributed by atoms with Gasteiger partial charge in [0.15, 0.2) is 0 Å². The van der Waals surface area contributed by atoms with Crippen molar-refractivity contribution in [1.82, 2.24) is 51.1 Å². The van der Waals surface area contributed by atoms with Crippen LogP contribution >= 0.6 is 0 Å². The summed E-state index contributed by atoms with van der Waals surface area (Å²) >= 11 is 0. The Bertz CT molecular complexity index is 2900. The maximum atomic E-state index is 14.7. The van der Waals surface area contributed by atoms with Crippen LogP contribution in [0, 0.1) is 35.5 Å². The first-order valence-electron chi connectivity index (χ1n) is 34.5. The lowest BCUT2D eigenvalue weighted by molar-refractivity contribution is -0.151. The summed E-state index contributed by atoms with van der Waals surface area (Å²) in [5.74, 6) is -5.76. The number of hydrogen-bond donors (Lipinski definition) is 7. The minimum atomic E-state index is -1.13. The zero-order valence-corrected chi connectivity index (χ0v) is 60.4. The smallest absolute Gasteiger partial charge is 0.312 e. The highest BCUT2D eigenvalue weighted by atomic mass is 16.5. The van der Waals surface area contributed by atoms with Crippen LogP contribution in [0.15, 0.2) is 54.6 Å². The summed E-state index contributed by atoms with van der Waals surface area (Å²) in [6.45, 7) is 20.3. The van der Waals surface area contributed by atoms with E-state index in [1.165, 1.54) is 19.1 Å². The molecule has 0 aromatic heterocycles. The van der Waals surface area contributed by atoms with Crippen LogP contribution in [0.25, 0.3) is 0 Å². The number of likely N-dealkylation sites (tertiary alicyclic amines) is 2. The number of carbonyl (C=O) groups is 11. The van der Waals surface area contributed by atoms with Crippen molar-refractivity contribution in [3.05, 3.63) is 65.7 Å². The molecule has 2 aliphatic rings. The molecule has 542 valence electrons. The molecule has 2 aromatic carbocycles. The average Bonchev–Trinajstić information content (AvgIpc) is 1.79. The van der Waals surface area contributed by atoms with Crippen molar-refractivity contribution in [2.75, 3.05) is 80.5 Å². The molecule has 0 spiro atoms. The molecule has 97 heavy (non-hydrogen) atoms. The van der Waals surface area contributed by atoms with Crippen molar-refractivity contribution < 1.29 is 67.0 Å². The lowest BCUT2D eigenvalue weighted by Crippen LogP contribution is -2.59. The number of hydrogen-bond acceptors (Lipinski definition) is 15. The van der Waals surface area contributed by atoms with E-state index in [1.807, 2.05) is 90.9 Å². The van der Waals surface area contributed by atoms with Gasteiger partial charge in [-0.05, 0) is 106 Å². The molecular formula is C71H114N12O14. The number of urea groups is 1. The number of primary amides is 1. The number of piperidine rings is 1. The zero-order valence-electron chi connectivity index (χ0n) is 60.4. The van der Waals surface area contributed by atoms with E-state index in [2.05, 4.69) is 31.9 Å². The number of amides is 11. The quantitative estimate of drug-likeness (QED) is 0.0357. The molecule has 0 saturated carbocycles. The average molecular weight is 1360 g/mol. The monoisotopic (exact) mass is 1360 g/mol. The Morgan fingerprint density at radius 2 is 1.28 bits per heavy atom. The van der Waals surface area contributed by atoms with Gasteiger partial charge in [-0.15, -0.1) is 0 Å². The number of carbonyl (C=O) groups excluding carboxylic acids is 11. The molecule has 8 N–H and O–H groups in total. The van der Waals surface area contributed by atoms with Gasteiger partial charge in [-0.3, -0.25) is 52.8 Å². The second-order valence-electron chi connectivity index (χ2n) is 27.3. The van der Waals surface area contributed by atoms with E-state index < -0.39 is 96.0 Å². The molecule has 26 nitrogen and oxygen atoms in total. The Hall–Kier alpha value is -7.71. The third-order valence-electron chi connectivity index (χ3n) is 18.8. The molecule has 2 heterocycles. The Morgan fingerprint density at radius 3 is 1.84 bits per heavy atom. The number of anilines is 1. The van der Waals surface area contributed by atoms with Crippen LogP contribution in [0.5, 0.6) is 0 Å². The number of nitrogens with one attached hydrogen (secondary N) is 6. The molecule has 0 radical (unpaired) electrons. The standard InChI is InChI=1S/C71H114N12O14/c1-17-46(9)62(81(14)69(92)60(44(5)6)78-67(90)61(45(7)8)79(11)12)55(95-15)41-58(86)83-37-23-27-54(83)63(96-16)47(10)64(87)76-53(40-48-24-20-19-21-25-48)68(91)80(13)42-49-28-30-51(31-29-49)74-65(88)52(26-22-36-73-71(72)94)75-66(89)59(43(3)4)77-56(84)32-33-57(85)82-38-34-50(35-39-82)70(93)97-18-2/h19-21,24-25,28-31,43-47,50,52-55,59-63H,17-18,22-23,26-27,32-42H2,1-16H3,(H,74,88)(H,75,89)(H,76,87)(H,77,84)(H,78,90)(H3,72,73,94)/t46-,47+,52-,53-,54-,55+,59-,60-,61-,62-,63+/m0/s1. The molecule has 11 atom stereocenters. The minimum absolute atomic E-state index is 0.00713. The number of nitrogens with two attached hydrogens (primary N) is 1. The Balaban J connectivity index is 1.45. The summed E-state index contributed by atoms with van der Waals surface area (Å²) in [5.41, 5.74) is 7.13. The van der Waals surface area contributed by atoms with E-state index in [-0.39, 0.29) is 117 Å². The van der Waals surface area contributed by atoms with Crippen molar-refractivity contribution in [3.63, 3.8) is 0 Å². The van der Waals surface area contributed by atoms with Gasteiger partial charge < -0.3 is 71.4 Å². The lowest BCUT2D eigenvalue weighted by Gasteiger charge is -2.41. The van der Waals surface area contributed by atoms with E-state index in [9.17, 15) is 52.7 Å². The minimum Gasteiger partial charge on any atom is -0.466 e. The van der Waals surface area contributed by atoms with Gasteiger partial charge in [0, 0.05) is 86.0 Å². The molecule has 2 fully saturated rings. The summed E-state index contributed by atoms with van der Waals surface area (Å²) in [7, 11) is 10.0. The predicted octanol–water partition coefficient (Wildman–Crippen LogP) is 4.61. The fraction of sp³-hybridized carbons (Fsp3) is 0.676. The van der Waals surface area contributed by atoms with Crippen molar-refractivity contribution in [3.8, 4) is 0 Å². The molecule has 0 aliphatic carbocycles. The zero-order chi connectivity index (χ0) is 72.4. The van der Waals surface area contributed by atoms with Crippen LogP contribution in [-0.4, -0.2) is 219 Å². The fourth-order valence-corrected chi connectivity index (χ4v) is 13.1. The highest BCUT2D eigenvalue weighted by molar-refractivity contribution is 5.99. The maximum absolute atomic E-state index is 14.7. The molecule has 2 saturated heterocycles. The first kappa shape index (κ1) is 81.7. The highest BCUT2D eigenvalue weighted by Gasteiger charge is 2.44. The topological polar surface area (TPSA) is 330 Å². The van der Waals surface area contributed by atoms with Gasteiger partial charge in [0.25, 0.3) is 0 Å². The van der Waals surface area contributed by atoms with Crippen LogP contribution in [0.2, 0.25) is 0 Å². The highest BCUT2D eigenvalue weighted by Crippen LogP contribution is 2.31. The van der Waals surface area contributed by atoms with E-state index in [0.29, 0.717) is 63.0 Å². The van der Waals surface area contributed by atoms with Gasteiger partial charge in [0.05, 0.1) is 55.2 Å². The summed E-state index contributed by atoms with van der Waals surface area (Å²) in [6, 6.07) is 9.72. The Morgan fingerprint density at radius 1 is 0.649 bits per heavy atom. The van der Waals surface area contributed by atoms with E-state index >= 15 is 0 Å². The third kappa shape index (κ3) is 24.7. The number of methoxy groups -OCH3 is 2. The van der Waals surface area contributed by atoms with E-state index in [1.54, 1.807) is 80.8 Å². The number of likely N-dealkylation sites (N-methyl/N-ethyl adjacent to an activating group) is 3. The van der Waals surface area contributed by atoms with Gasteiger partial charge >= 0.3 is 12.0 Å². The predicted molar refractivity (Wildman–Crippen MR) is 370 cm³/mol. The molecular weight excluding hydrogens is 1240 g/mol.